The van der Waals surface area contributed by atoms with Gasteiger partial charge in [0.25, 0.3) is 5.91 Å². The summed E-state index contributed by atoms with van der Waals surface area (Å²) in [6.07, 6.45) is 1.66. The lowest BCUT2D eigenvalue weighted by molar-refractivity contribution is 0.0994. The monoisotopic (exact) mass is 296 g/mol. The molecular formula is C17H13ClN2O. The highest BCUT2D eigenvalue weighted by Gasteiger charge is 2.16. The number of benzene rings is 2. The fourth-order valence-corrected chi connectivity index (χ4v) is 2.37. The lowest BCUT2D eigenvalue weighted by Gasteiger charge is -2.18. The van der Waals surface area contributed by atoms with Crippen molar-refractivity contribution in [2.75, 3.05) is 11.9 Å². The van der Waals surface area contributed by atoms with E-state index in [-0.39, 0.29) is 5.91 Å². The number of carbonyl (C=O) groups excluding carboxylic acids is 1. The highest BCUT2D eigenvalue weighted by atomic mass is 35.5. The number of pyridine rings is 1. The molecular weight excluding hydrogens is 284 g/mol. The maximum atomic E-state index is 12.7. The summed E-state index contributed by atoms with van der Waals surface area (Å²) in [5.41, 5.74) is 2.25. The van der Waals surface area contributed by atoms with Crippen LogP contribution in [-0.4, -0.2) is 17.9 Å². The number of carbonyl (C=O) groups is 1. The molecule has 0 spiro atoms. The van der Waals surface area contributed by atoms with Crippen LogP contribution in [0.25, 0.3) is 10.9 Å². The molecule has 0 bridgehead atoms. The first kappa shape index (κ1) is 13.6. The Morgan fingerprint density at radius 2 is 1.76 bits per heavy atom. The molecule has 1 heterocycles. The molecule has 3 nitrogen and oxygen atoms in total. The van der Waals surface area contributed by atoms with Gasteiger partial charge in [-0.2, -0.15) is 0 Å². The molecule has 4 heteroatoms. The third-order valence-electron chi connectivity index (χ3n) is 3.40. The van der Waals surface area contributed by atoms with Gasteiger partial charge in [0, 0.05) is 29.3 Å². The first-order valence-electron chi connectivity index (χ1n) is 6.54. The van der Waals surface area contributed by atoms with E-state index in [1.165, 1.54) is 0 Å². The van der Waals surface area contributed by atoms with Crippen LogP contribution >= 0.6 is 11.6 Å². The van der Waals surface area contributed by atoms with Crippen molar-refractivity contribution in [1.29, 1.82) is 0 Å². The molecule has 0 saturated heterocycles. The molecule has 0 N–H and O–H groups in total. The maximum absolute atomic E-state index is 12.7. The highest BCUT2D eigenvalue weighted by molar-refractivity contribution is 6.30. The summed E-state index contributed by atoms with van der Waals surface area (Å²) >= 11 is 5.88. The number of anilines is 1. The topological polar surface area (TPSA) is 33.2 Å². The summed E-state index contributed by atoms with van der Waals surface area (Å²) in [7, 11) is 1.75. The standard InChI is InChI=1S/C17H13ClN2O/c1-20(13-8-6-12(18)7-9-13)17(21)15-10-11-19-16-5-3-2-4-14(15)16/h2-11H,1H3. The van der Waals surface area contributed by atoms with Crippen molar-refractivity contribution in [3.05, 3.63) is 71.4 Å². The number of hydrogen-bond donors (Lipinski definition) is 0. The quantitative estimate of drug-likeness (QED) is 0.711. The van der Waals surface area contributed by atoms with Crippen LogP contribution in [0.3, 0.4) is 0 Å². The normalized spacial score (nSPS) is 10.6. The minimum Gasteiger partial charge on any atom is -0.311 e. The average molecular weight is 297 g/mol. The molecule has 0 fully saturated rings. The van der Waals surface area contributed by atoms with Gasteiger partial charge >= 0.3 is 0 Å². The third kappa shape index (κ3) is 2.60. The van der Waals surface area contributed by atoms with Crippen LogP contribution in [-0.2, 0) is 0 Å². The molecule has 3 aromatic rings. The van der Waals surface area contributed by atoms with Crippen LogP contribution in [0.1, 0.15) is 10.4 Å². The number of hydrogen-bond acceptors (Lipinski definition) is 2. The third-order valence-corrected chi connectivity index (χ3v) is 3.65. The van der Waals surface area contributed by atoms with Gasteiger partial charge in [-0.05, 0) is 36.4 Å². The van der Waals surface area contributed by atoms with Crippen LogP contribution in [0.15, 0.2) is 60.8 Å². The number of halogens is 1. The van der Waals surface area contributed by atoms with Crippen molar-refractivity contribution < 1.29 is 4.79 Å². The van der Waals surface area contributed by atoms with E-state index < -0.39 is 0 Å². The first-order valence-corrected chi connectivity index (χ1v) is 6.92. The predicted octanol–water partition coefficient (Wildman–Crippen LogP) is 4.16. The molecule has 3 rings (SSSR count). The first-order chi connectivity index (χ1) is 10.2. The Morgan fingerprint density at radius 3 is 2.52 bits per heavy atom. The Hall–Kier alpha value is -2.39. The van der Waals surface area contributed by atoms with Crippen molar-refractivity contribution in [3.63, 3.8) is 0 Å². The van der Waals surface area contributed by atoms with E-state index in [1.807, 2.05) is 36.4 Å². The van der Waals surface area contributed by atoms with Crippen LogP contribution in [0, 0.1) is 0 Å². The molecule has 0 aliphatic rings. The lowest BCUT2D eigenvalue weighted by Crippen LogP contribution is -2.26. The molecule has 0 saturated carbocycles. The van der Waals surface area contributed by atoms with Gasteiger partial charge in [-0.25, -0.2) is 0 Å². The van der Waals surface area contributed by atoms with Crippen LogP contribution in [0.4, 0.5) is 5.69 Å². The predicted molar refractivity (Wildman–Crippen MR) is 85.9 cm³/mol. The zero-order chi connectivity index (χ0) is 14.8. The Kier molecular flexibility index (Phi) is 3.59. The second kappa shape index (κ2) is 5.54. The SMILES string of the molecule is CN(C(=O)c1ccnc2ccccc12)c1ccc(Cl)cc1. The highest BCUT2D eigenvalue weighted by Crippen LogP contribution is 2.22. The van der Waals surface area contributed by atoms with Crippen molar-refractivity contribution in [1.82, 2.24) is 4.98 Å². The Morgan fingerprint density at radius 1 is 1.05 bits per heavy atom. The smallest absolute Gasteiger partial charge is 0.258 e. The average Bonchev–Trinajstić information content (AvgIpc) is 2.53. The van der Waals surface area contributed by atoms with E-state index in [9.17, 15) is 4.79 Å². The number of amides is 1. The molecule has 0 aliphatic heterocycles. The zero-order valence-electron chi connectivity index (χ0n) is 11.5. The summed E-state index contributed by atoms with van der Waals surface area (Å²) in [6.45, 7) is 0. The van der Waals surface area contributed by atoms with Gasteiger partial charge in [0.15, 0.2) is 0 Å². The molecule has 21 heavy (non-hydrogen) atoms. The van der Waals surface area contributed by atoms with Crippen molar-refractivity contribution in [3.8, 4) is 0 Å². The molecule has 1 amide bonds. The van der Waals surface area contributed by atoms with Gasteiger partial charge in [-0.3, -0.25) is 9.78 Å². The second-order valence-corrected chi connectivity index (χ2v) is 5.15. The van der Waals surface area contributed by atoms with Gasteiger partial charge in [0.05, 0.1) is 11.1 Å². The summed E-state index contributed by atoms with van der Waals surface area (Å²) in [5.74, 6) is -0.0732. The largest absolute Gasteiger partial charge is 0.311 e. The minimum absolute atomic E-state index is 0.0732. The summed E-state index contributed by atoms with van der Waals surface area (Å²) in [6, 6.07) is 16.6. The summed E-state index contributed by atoms with van der Waals surface area (Å²) in [5, 5.41) is 1.50. The zero-order valence-corrected chi connectivity index (χ0v) is 12.2. The number of rotatable bonds is 2. The molecule has 0 aliphatic carbocycles. The fraction of sp³-hybridized carbons (Fsp3) is 0.0588. The molecule has 0 atom stereocenters. The van der Waals surface area contributed by atoms with Crippen LogP contribution in [0.5, 0.6) is 0 Å². The summed E-state index contributed by atoms with van der Waals surface area (Å²) < 4.78 is 0. The number of fused-ring (bicyclic) bond motifs is 1. The number of aromatic nitrogens is 1. The molecule has 0 radical (unpaired) electrons. The van der Waals surface area contributed by atoms with E-state index in [2.05, 4.69) is 4.98 Å². The van der Waals surface area contributed by atoms with Gasteiger partial charge in [0.1, 0.15) is 0 Å². The van der Waals surface area contributed by atoms with E-state index in [1.54, 1.807) is 36.3 Å². The number of para-hydroxylation sites is 1. The molecule has 0 unspecified atom stereocenters. The maximum Gasteiger partial charge on any atom is 0.258 e. The second-order valence-electron chi connectivity index (χ2n) is 4.72. The molecule has 2 aromatic carbocycles. The van der Waals surface area contributed by atoms with E-state index in [4.69, 9.17) is 11.6 Å². The van der Waals surface area contributed by atoms with Crippen molar-refractivity contribution in [2.24, 2.45) is 0 Å². The fourth-order valence-electron chi connectivity index (χ4n) is 2.24. The Labute approximate surface area is 127 Å². The van der Waals surface area contributed by atoms with Crippen molar-refractivity contribution >= 4 is 34.1 Å². The van der Waals surface area contributed by atoms with Crippen molar-refractivity contribution in [2.45, 2.75) is 0 Å². The van der Waals surface area contributed by atoms with Gasteiger partial charge in [0.2, 0.25) is 0 Å². The summed E-state index contributed by atoms with van der Waals surface area (Å²) in [4.78, 5) is 18.6. The van der Waals surface area contributed by atoms with Crippen LogP contribution in [0.2, 0.25) is 5.02 Å². The van der Waals surface area contributed by atoms with E-state index in [0.717, 1.165) is 16.6 Å². The van der Waals surface area contributed by atoms with Gasteiger partial charge < -0.3 is 4.90 Å². The van der Waals surface area contributed by atoms with Gasteiger partial charge in [-0.1, -0.05) is 29.8 Å². The Bertz CT molecular complexity index is 794. The van der Waals surface area contributed by atoms with Crippen LogP contribution < -0.4 is 4.90 Å². The van der Waals surface area contributed by atoms with Gasteiger partial charge in [-0.15, -0.1) is 0 Å². The lowest BCUT2D eigenvalue weighted by atomic mass is 10.1. The number of nitrogens with zero attached hydrogens (tertiary/aromatic N) is 2. The molecule has 104 valence electrons. The Balaban J connectivity index is 2.02. The minimum atomic E-state index is -0.0732. The molecule has 1 aromatic heterocycles. The van der Waals surface area contributed by atoms with E-state index >= 15 is 0 Å². The van der Waals surface area contributed by atoms with E-state index in [0.29, 0.717) is 10.6 Å².